The summed E-state index contributed by atoms with van der Waals surface area (Å²) >= 11 is 0. The highest BCUT2D eigenvalue weighted by atomic mass is 127. The van der Waals surface area contributed by atoms with E-state index in [1.54, 1.807) is 0 Å². The smallest absolute Gasteiger partial charge is 0.191 e. The van der Waals surface area contributed by atoms with Crippen LogP contribution in [0.3, 0.4) is 0 Å². The largest absolute Gasteiger partial charge is 0.357 e. The van der Waals surface area contributed by atoms with Gasteiger partial charge in [-0.15, -0.1) is 24.0 Å². The first kappa shape index (κ1) is 19.5. The maximum atomic E-state index is 4.79. The number of aliphatic imine (C=N–C) groups is 1. The number of hydrogen-bond acceptors (Lipinski definition) is 2. The summed E-state index contributed by atoms with van der Waals surface area (Å²) < 4.78 is 0. The summed E-state index contributed by atoms with van der Waals surface area (Å²) in [6.45, 7) is 8.54. The van der Waals surface area contributed by atoms with Gasteiger partial charge in [0, 0.05) is 32.1 Å². The number of halogens is 1. The maximum absolute atomic E-state index is 4.79. The topological polar surface area (TPSA) is 39.7 Å². The van der Waals surface area contributed by atoms with Crippen molar-refractivity contribution in [2.24, 2.45) is 4.99 Å². The highest BCUT2D eigenvalue weighted by Gasteiger charge is 2.24. The monoisotopic (exact) mass is 442 g/mol. The zero-order chi connectivity index (χ0) is 15.9. The fraction of sp³-hybridized carbons (Fsp3) is 0.632. The molecule has 1 aromatic carbocycles. The summed E-state index contributed by atoms with van der Waals surface area (Å²) in [5.74, 6) is 1.57. The van der Waals surface area contributed by atoms with Crippen molar-refractivity contribution in [2.75, 3.05) is 39.3 Å². The van der Waals surface area contributed by atoms with Crippen molar-refractivity contribution in [2.45, 2.75) is 38.5 Å². The Bertz CT molecular complexity index is 526. The van der Waals surface area contributed by atoms with Crippen molar-refractivity contribution >= 4 is 29.9 Å². The Labute approximate surface area is 163 Å². The number of likely N-dealkylation sites (tertiary alicyclic amines) is 1. The van der Waals surface area contributed by atoms with E-state index in [2.05, 4.69) is 46.7 Å². The van der Waals surface area contributed by atoms with E-state index in [1.165, 1.54) is 49.9 Å². The first-order chi connectivity index (χ1) is 11.4. The summed E-state index contributed by atoms with van der Waals surface area (Å²) in [5, 5.41) is 6.86. The average molecular weight is 442 g/mol. The second-order valence-corrected chi connectivity index (χ2v) is 6.65. The van der Waals surface area contributed by atoms with Crippen LogP contribution in [0.4, 0.5) is 0 Å². The number of piperidine rings is 1. The molecule has 3 rings (SSSR count). The summed E-state index contributed by atoms with van der Waals surface area (Å²) in [6.07, 6.45) is 5.29. The number of nitrogens with zero attached hydrogens (tertiary/aromatic N) is 2. The van der Waals surface area contributed by atoms with E-state index in [0.29, 0.717) is 5.92 Å². The molecule has 0 bridgehead atoms. The standard InChI is InChI=1S/C19H30N4.HI/c1-2-20-19(21-10-13-23-11-6-3-7-12-23)22-15-17-14-16-8-4-5-9-18(16)17;/h4-5,8-9,17H,2-3,6-7,10-15H2,1H3,(H2,20,21,22);1H. The van der Waals surface area contributed by atoms with E-state index in [-0.39, 0.29) is 24.0 Å². The highest BCUT2D eigenvalue weighted by molar-refractivity contribution is 14.0. The first-order valence-corrected chi connectivity index (χ1v) is 9.19. The van der Waals surface area contributed by atoms with E-state index < -0.39 is 0 Å². The Kier molecular flexibility index (Phi) is 8.32. The summed E-state index contributed by atoms with van der Waals surface area (Å²) in [6, 6.07) is 8.74. The van der Waals surface area contributed by atoms with E-state index >= 15 is 0 Å². The van der Waals surface area contributed by atoms with Crippen LogP contribution in [0.1, 0.15) is 43.2 Å². The molecule has 0 aromatic heterocycles. The third-order valence-electron chi connectivity index (χ3n) is 4.94. The summed E-state index contributed by atoms with van der Waals surface area (Å²) in [7, 11) is 0. The minimum absolute atomic E-state index is 0. The Morgan fingerprint density at radius 3 is 2.71 bits per heavy atom. The lowest BCUT2D eigenvalue weighted by molar-refractivity contribution is 0.232. The van der Waals surface area contributed by atoms with Gasteiger partial charge in [0.1, 0.15) is 0 Å². The van der Waals surface area contributed by atoms with E-state index in [0.717, 1.165) is 32.1 Å². The lowest BCUT2D eigenvalue weighted by Crippen LogP contribution is -2.43. The quantitative estimate of drug-likeness (QED) is 0.404. The minimum atomic E-state index is 0. The van der Waals surface area contributed by atoms with Crippen molar-refractivity contribution in [1.29, 1.82) is 0 Å². The van der Waals surface area contributed by atoms with Crippen molar-refractivity contribution in [3.8, 4) is 0 Å². The van der Waals surface area contributed by atoms with Gasteiger partial charge in [-0.25, -0.2) is 0 Å². The zero-order valence-electron chi connectivity index (χ0n) is 14.8. The normalized spacial score (nSPS) is 20.5. The SMILES string of the molecule is CCNC(=NCC1Cc2ccccc21)NCCN1CCCCC1.I. The van der Waals surface area contributed by atoms with Crippen LogP contribution in [0.2, 0.25) is 0 Å². The zero-order valence-corrected chi connectivity index (χ0v) is 17.1. The van der Waals surface area contributed by atoms with Gasteiger partial charge in [-0.2, -0.15) is 0 Å². The number of nitrogens with one attached hydrogen (secondary N) is 2. The predicted octanol–water partition coefficient (Wildman–Crippen LogP) is 2.99. The Hall–Kier alpha value is -0.820. The first-order valence-electron chi connectivity index (χ1n) is 9.19. The maximum Gasteiger partial charge on any atom is 0.191 e. The van der Waals surface area contributed by atoms with Crippen molar-refractivity contribution in [3.05, 3.63) is 35.4 Å². The number of guanidine groups is 1. The molecule has 2 aliphatic rings. The molecule has 1 atom stereocenters. The molecule has 134 valence electrons. The number of hydrogen-bond donors (Lipinski definition) is 2. The van der Waals surface area contributed by atoms with E-state index in [9.17, 15) is 0 Å². The molecule has 1 aromatic rings. The third-order valence-corrected chi connectivity index (χ3v) is 4.94. The van der Waals surface area contributed by atoms with Crippen LogP contribution in [-0.4, -0.2) is 50.1 Å². The van der Waals surface area contributed by atoms with Gasteiger partial charge in [-0.1, -0.05) is 30.7 Å². The Morgan fingerprint density at radius 1 is 1.17 bits per heavy atom. The van der Waals surface area contributed by atoms with Gasteiger partial charge >= 0.3 is 0 Å². The van der Waals surface area contributed by atoms with Crippen LogP contribution in [0.15, 0.2) is 29.3 Å². The molecule has 0 spiro atoms. The van der Waals surface area contributed by atoms with Crippen molar-refractivity contribution in [1.82, 2.24) is 15.5 Å². The molecular formula is C19H31IN4. The summed E-state index contributed by atoms with van der Waals surface area (Å²) in [5.41, 5.74) is 2.98. The van der Waals surface area contributed by atoms with Crippen LogP contribution in [0.5, 0.6) is 0 Å². The number of rotatable bonds is 6. The highest BCUT2D eigenvalue weighted by Crippen LogP contribution is 2.34. The lowest BCUT2D eigenvalue weighted by atomic mass is 9.78. The fourth-order valence-electron chi connectivity index (χ4n) is 3.58. The Morgan fingerprint density at radius 2 is 1.96 bits per heavy atom. The van der Waals surface area contributed by atoms with Crippen LogP contribution in [0.25, 0.3) is 0 Å². The predicted molar refractivity (Wildman–Crippen MR) is 113 cm³/mol. The van der Waals surface area contributed by atoms with Gasteiger partial charge in [0.25, 0.3) is 0 Å². The molecular weight excluding hydrogens is 411 g/mol. The molecule has 1 saturated heterocycles. The molecule has 2 N–H and O–H groups in total. The second-order valence-electron chi connectivity index (χ2n) is 6.65. The Balaban J connectivity index is 0.00000208. The fourth-order valence-corrected chi connectivity index (χ4v) is 3.58. The molecule has 24 heavy (non-hydrogen) atoms. The molecule has 1 aliphatic heterocycles. The molecule has 0 amide bonds. The van der Waals surface area contributed by atoms with Crippen molar-refractivity contribution < 1.29 is 0 Å². The van der Waals surface area contributed by atoms with E-state index in [1.807, 2.05) is 0 Å². The van der Waals surface area contributed by atoms with Gasteiger partial charge in [-0.3, -0.25) is 4.99 Å². The third kappa shape index (κ3) is 5.34. The van der Waals surface area contributed by atoms with Crippen LogP contribution in [0, 0.1) is 0 Å². The molecule has 1 fully saturated rings. The number of fused-ring (bicyclic) bond motifs is 1. The molecule has 1 heterocycles. The van der Waals surface area contributed by atoms with Gasteiger partial charge in [0.15, 0.2) is 5.96 Å². The average Bonchev–Trinajstić information content (AvgIpc) is 2.56. The van der Waals surface area contributed by atoms with Gasteiger partial charge < -0.3 is 15.5 Å². The van der Waals surface area contributed by atoms with Crippen molar-refractivity contribution in [3.63, 3.8) is 0 Å². The lowest BCUT2D eigenvalue weighted by Gasteiger charge is -2.29. The summed E-state index contributed by atoms with van der Waals surface area (Å²) in [4.78, 5) is 7.35. The number of benzene rings is 1. The molecule has 4 nitrogen and oxygen atoms in total. The molecule has 0 saturated carbocycles. The molecule has 1 unspecified atom stereocenters. The molecule has 0 radical (unpaired) electrons. The van der Waals surface area contributed by atoms with Gasteiger partial charge in [-0.05, 0) is 50.4 Å². The van der Waals surface area contributed by atoms with E-state index in [4.69, 9.17) is 4.99 Å². The van der Waals surface area contributed by atoms with Crippen LogP contribution >= 0.6 is 24.0 Å². The molecule has 1 aliphatic carbocycles. The van der Waals surface area contributed by atoms with Crippen LogP contribution in [-0.2, 0) is 6.42 Å². The van der Waals surface area contributed by atoms with Crippen LogP contribution < -0.4 is 10.6 Å². The molecule has 5 heteroatoms. The minimum Gasteiger partial charge on any atom is -0.357 e. The van der Waals surface area contributed by atoms with Gasteiger partial charge in [0.05, 0.1) is 0 Å². The van der Waals surface area contributed by atoms with Gasteiger partial charge in [0.2, 0.25) is 0 Å². The second kappa shape index (κ2) is 10.2.